The van der Waals surface area contributed by atoms with Crippen molar-refractivity contribution in [3.8, 4) is 5.75 Å². The molecule has 0 spiro atoms. The second-order valence-electron chi connectivity index (χ2n) is 4.15. The maximum Gasteiger partial charge on any atom is 0.162 e. The first-order chi connectivity index (χ1) is 9.11. The molecule has 1 heterocycles. The number of nitrogens with zero attached hydrogens (tertiary/aromatic N) is 2. The average Bonchev–Trinajstić information content (AvgIpc) is 2.76. The predicted octanol–water partition coefficient (Wildman–Crippen LogP) is 3.25. The molecule has 5 heteroatoms. The summed E-state index contributed by atoms with van der Waals surface area (Å²) in [5, 5.41) is 0.572. The molecule has 0 bridgehead atoms. The van der Waals surface area contributed by atoms with Gasteiger partial charge in [-0.3, -0.25) is 4.79 Å². The van der Waals surface area contributed by atoms with Gasteiger partial charge in [0.25, 0.3) is 0 Å². The molecule has 0 radical (unpaired) electrons. The molecular formula is C14H15ClN2O2. The lowest BCUT2D eigenvalue weighted by atomic mass is 10.1. The lowest BCUT2D eigenvalue weighted by Gasteiger charge is -2.07. The monoisotopic (exact) mass is 278 g/mol. The molecule has 1 aromatic carbocycles. The van der Waals surface area contributed by atoms with E-state index >= 15 is 0 Å². The Morgan fingerprint density at radius 1 is 1.37 bits per heavy atom. The van der Waals surface area contributed by atoms with E-state index in [-0.39, 0.29) is 5.78 Å². The highest BCUT2D eigenvalue weighted by Crippen LogP contribution is 2.16. The van der Waals surface area contributed by atoms with Crippen molar-refractivity contribution in [1.82, 2.24) is 9.55 Å². The number of Topliss-reactive ketones (excluding diaryl/α,β-unsaturated/α-hetero) is 1. The van der Waals surface area contributed by atoms with Crippen molar-refractivity contribution in [3.05, 3.63) is 47.0 Å². The van der Waals surface area contributed by atoms with Gasteiger partial charge >= 0.3 is 0 Å². The van der Waals surface area contributed by atoms with Crippen LogP contribution in [-0.4, -0.2) is 15.3 Å². The molecule has 0 amide bonds. The van der Waals surface area contributed by atoms with E-state index < -0.39 is 0 Å². The van der Waals surface area contributed by atoms with Gasteiger partial charge in [0.15, 0.2) is 5.78 Å². The maximum absolute atomic E-state index is 11.5. The van der Waals surface area contributed by atoms with Crippen LogP contribution in [0.1, 0.15) is 29.5 Å². The van der Waals surface area contributed by atoms with E-state index in [0.29, 0.717) is 29.5 Å². The first kappa shape index (κ1) is 13.6. The molecule has 0 saturated carbocycles. The van der Waals surface area contributed by atoms with E-state index in [1.54, 1.807) is 35.0 Å². The van der Waals surface area contributed by atoms with Gasteiger partial charge in [-0.05, 0) is 24.3 Å². The molecule has 0 N–H and O–H groups in total. The summed E-state index contributed by atoms with van der Waals surface area (Å²) in [5.74, 6) is 1.58. The molecule has 0 atom stereocenters. The Morgan fingerprint density at radius 2 is 2.05 bits per heavy atom. The number of rotatable bonds is 5. The van der Waals surface area contributed by atoms with Gasteiger partial charge in [0.05, 0.1) is 6.20 Å². The Morgan fingerprint density at radius 3 is 2.58 bits per heavy atom. The third-order valence-electron chi connectivity index (χ3n) is 2.89. The van der Waals surface area contributed by atoms with Crippen molar-refractivity contribution < 1.29 is 9.53 Å². The fourth-order valence-electron chi connectivity index (χ4n) is 1.65. The van der Waals surface area contributed by atoms with E-state index in [9.17, 15) is 4.79 Å². The van der Waals surface area contributed by atoms with Crippen LogP contribution < -0.4 is 4.74 Å². The van der Waals surface area contributed by atoms with Crippen molar-refractivity contribution in [3.63, 3.8) is 0 Å². The third kappa shape index (κ3) is 3.15. The van der Waals surface area contributed by atoms with Crippen LogP contribution in [0.4, 0.5) is 0 Å². The van der Waals surface area contributed by atoms with Crippen LogP contribution in [0, 0.1) is 0 Å². The second kappa shape index (κ2) is 5.89. The van der Waals surface area contributed by atoms with Gasteiger partial charge < -0.3 is 9.30 Å². The van der Waals surface area contributed by atoms with E-state index in [4.69, 9.17) is 16.3 Å². The number of halogens is 1. The van der Waals surface area contributed by atoms with E-state index in [1.807, 2.05) is 14.0 Å². The zero-order valence-electron chi connectivity index (χ0n) is 10.9. The molecule has 1 aromatic heterocycles. The molecule has 2 rings (SSSR count). The summed E-state index contributed by atoms with van der Waals surface area (Å²) in [6.07, 6.45) is 2.09. The molecule has 0 aliphatic carbocycles. The molecule has 0 aliphatic heterocycles. The fourth-order valence-corrected chi connectivity index (χ4v) is 1.79. The van der Waals surface area contributed by atoms with Crippen LogP contribution in [0.25, 0.3) is 0 Å². The number of aromatic nitrogens is 2. The number of carbonyl (C=O) groups excluding carboxylic acids is 1. The summed E-state index contributed by atoms with van der Waals surface area (Å²) < 4.78 is 7.36. The number of carbonyl (C=O) groups is 1. The highest BCUT2D eigenvalue weighted by Gasteiger charge is 2.06. The number of hydrogen-bond donors (Lipinski definition) is 0. The minimum Gasteiger partial charge on any atom is -0.486 e. The van der Waals surface area contributed by atoms with Crippen LogP contribution in [0.2, 0.25) is 5.15 Å². The lowest BCUT2D eigenvalue weighted by Crippen LogP contribution is -2.04. The highest BCUT2D eigenvalue weighted by molar-refractivity contribution is 6.29. The van der Waals surface area contributed by atoms with Crippen molar-refractivity contribution in [2.45, 2.75) is 20.0 Å². The van der Waals surface area contributed by atoms with Gasteiger partial charge in [-0.15, -0.1) is 0 Å². The number of ketones is 1. The largest absolute Gasteiger partial charge is 0.486 e. The zero-order chi connectivity index (χ0) is 13.8. The van der Waals surface area contributed by atoms with E-state index in [2.05, 4.69) is 4.98 Å². The highest BCUT2D eigenvalue weighted by atomic mass is 35.5. The Hall–Kier alpha value is -1.81. The van der Waals surface area contributed by atoms with E-state index in [0.717, 1.165) is 5.82 Å². The molecule has 19 heavy (non-hydrogen) atoms. The Bertz CT molecular complexity index is 576. The standard InChI is InChI=1S/C14H15ClN2O2/c1-3-12(18)10-4-6-11(7-5-10)19-9-14-16-8-13(15)17(14)2/h4-8H,3,9H2,1-2H3. The van der Waals surface area contributed by atoms with Gasteiger partial charge in [0.1, 0.15) is 23.3 Å². The number of ether oxygens (including phenoxy) is 1. The summed E-state index contributed by atoms with van der Waals surface area (Å²) in [6, 6.07) is 7.11. The van der Waals surface area contributed by atoms with Crippen molar-refractivity contribution >= 4 is 17.4 Å². The van der Waals surface area contributed by atoms with Crippen LogP contribution in [-0.2, 0) is 13.7 Å². The third-order valence-corrected chi connectivity index (χ3v) is 3.24. The van der Waals surface area contributed by atoms with Gasteiger partial charge in [0, 0.05) is 19.0 Å². The average molecular weight is 279 g/mol. The number of benzene rings is 1. The van der Waals surface area contributed by atoms with Crippen molar-refractivity contribution in [2.75, 3.05) is 0 Å². The Balaban J connectivity index is 2.00. The minimum absolute atomic E-state index is 0.127. The van der Waals surface area contributed by atoms with Crippen LogP contribution in [0.15, 0.2) is 30.5 Å². The predicted molar refractivity (Wildman–Crippen MR) is 73.6 cm³/mol. The SMILES string of the molecule is CCC(=O)c1ccc(OCc2ncc(Cl)n2C)cc1. The van der Waals surface area contributed by atoms with Gasteiger partial charge in [-0.1, -0.05) is 18.5 Å². The first-order valence-corrected chi connectivity index (χ1v) is 6.41. The molecular weight excluding hydrogens is 264 g/mol. The molecule has 2 aromatic rings. The minimum atomic E-state index is 0.127. The Labute approximate surface area is 117 Å². The van der Waals surface area contributed by atoms with Gasteiger partial charge in [0.2, 0.25) is 0 Å². The molecule has 0 fully saturated rings. The molecule has 0 unspecified atom stereocenters. The van der Waals surface area contributed by atoms with Crippen molar-refractivity contribution in [1.29, 1.82) is 0 Å². The summed E-state index contributed by atoms with van der Waals surface area (Å²) in [5.41, 5.74) is 0.704. The summed E-state index contributed by atoms with van der Waals surface area (Å²) in [7, 11) is 1.83. The van der Waals surface area contributed by atoms with Gasteiger partial charge in [-0.25, -0.2) is 4.98 Å². The van der Waals surface area contributed by atoms with Gasteiger partial charge in [-0.2, -0.15) is 0 Å². The second-order valence-corrected chi connectivity index (χ2v) is 4.53. The smallest absolute Gasteiger partial charge is 0.162 e. The molecule has 0 saturated heterocycles. The maximum atomic E-state index is 11.5. The van der Waals surface area contributed by atoms with Crippen LogP contribution in [0.3, 0.4) is 0 Å². The normalized spacial score (nSPS) is 10.5. The topological polar surface area (TPSA) is 44.1 Å². The summed E-state index contributed by atoms with van der Waals surface area (Å²) >= 11 is 5.89. The molecule has 4 nitrogen and oxygen atoms in total. The Kier molecular flexibility index (Phi) is 4.22. The quantitative estimate of drug-likeness (QED) is 0.789. The zero-order valence-corrected chi connectivity index (χ0v) is 11.6. The fraction of sp³-hybridized carbons (Fsp3) is 0.286. The number of hydrogen-bond acceptors (Lipinski definition) is 3. The van der Waals surface area contributed by atoms with E-state index in [1.165, 1.54) is 0 Å². The van der Waals surface area contributed by atoms with Crippen LogP contribution in [0.5, 0.6) is 5.75 Å². The molecule has 0 aliphatic rings. The molecule has 100 valence electrons. The lowest BCUT2D eigenvalue weighted by molar-refractivity contribution is 0.0988. The summed E-state index contributed by atoms with van der Waals surface area (Å²) in [4.78, 5) is 15.6. The van der Waals surface area contributed by atoms with Crippen LogP contribution >= 0.6 is 11.6 Å². The van der Waals surface area contributed by atoms with Crippen molar-refractivity contribution in [2.24, 2.45) is 7.05 Å². The number of imidazole rings is 1. The summed E-state index contributed by atoms with van der Waals surface area (Å²) in [6.45, 7) is 2.18. The first-order valence-electron chi connectivity index (χ1n) is 6.04.